The Kier molecular flexibility index (Phi) is 3.68. The average Bonchev–Trinajstić information content (AvgIpc) is 2.27. The zero-order chi connectivity index (χ0) is 13.3. The molecule has 1 aromatic rings. The lowest BCUT2D eigenvalue weighted by Gasteiger charge is -2.35. The summed E-state index contributed by atoms with van der Waals surface area (Å²) in [6.07, 6.45) is 1.52. The fraction of sp³-hybridized carbons (Fsp3) is 0.455. The van der Waals surface area contributed by atoms with Crippen molar-refractivity contribution in [3.8, 4) is 0 Å². The monoisotopic (exact) mass is 274 g/mol. The summed E-state index contributed by atoms with van der Waals surface area (Å²) >= 11 is 5.63. The number of methoxy groups -OCH3 is 1. The Bertz CT molecular complexity index is 478. The fourth-order valence-corrected chi connectivity index (χ4v) is 2.07. The van der Waals surface area contributed by atoms with Crippen molar-refractivity contribution in [2.24, 2.45) is 0 Å². The molecule has 2 rings (SSSR count). The van der Waals surface area contributed by atoms with Gasteiger partial charge in [0.2, 0.25) is 0 Å². The van der Waals surface area contributed by atoms with Crippen LogP contribution >= 0.6 is 11.6 Å². The summed E-state index contributed by atoms with van der Waals surface area (Å²) in [4.78, 5) is 10.2. The molecule has 0 unspecified atom stereocenters. The van der Waals surface area contributed by atoms with Crippen molar-refractivity contribution < 1.29 is 14.1 Å². The van der Waals surface area contributed by atoms with Crippen LogP contribution in [0.15, 0.2) is 12.1 Å². The van der Waals surface area contributed by atoms with Crippen LogP contribution in [0.3, 0.4) is 0 Å². The Labute approximate surface area is 108 Å². The third-order valence-electron chi connectivity index (χ3n) is 3.05. The summed E-state index contributed by atoms with van der Waals surface area (Å²) in [5, 5.41) is 13.5. The minimum Gasteiger partial charge on any atom is -0.381 e. The van der Waals surface area contributed by atoms with Crippen molar-refractivity contribution in [3.63, 3.8) is 0 Å². The molecule has 1 aromatic carbocycles. The quantitative estimate of drug-likeness (QED) is 0.677. The number of rotatable bonds is 4. The number of ether oxygens (including phenoxy) is 1. The maximum atomic E-state index is 13.8. The van der Waals surface area contributed by atoms with Gasteiger partial charge in [-0.05, 0) is 18.9 Å². The molecule has 1 N–H and O–H groups in total. The highest BCUT2D eigenvalue weighted by Crippen LogP contribution is 2.35. The van der Waals surface area contributed by atoms with E-state index >= 15 is 0 Å². The summed E-state index contributed by atoms with van der Waals surface area (Å²) in [6, 6.07) is 2.35. The Morgan fingerprint density at radius 2 is 2.22 bits per heavy atom. The van der Waals surface area contributed by atoms with E-state index in [-0.39, 0.29) is 28.5 Å². The van der Waals surface area contributed by atoms with Crippen molar-refractivity contribution in [1.29, 1.82) is 0 Å². The Morgan fingerprint density at radius 3 is 2.78 bits per heavy atom. The van der Waals surface area contributed by atoms with Crippen molar-refractivity contribution in [2.45, 2.75) is 25.0 Å². The van der Waals surface area contributed by atoms with Crippen LogP contribution in [0, 0.1) is 15.9 Å². The van der Waals surface area contributed by atoms with E-state index in [1.807, 2.05) is 0 Å². The van der Waals surface area contributed by atoms with Gasteiger partial charge in [0, 0.05) is 19.2 Å². The number of nitrogens with zero attached hydrogens (tertiary/aromatic N) is 1. The van der Waals surface area contributed by atoms with Crippen molar-refractivity contribution in [1.82, 2.24) is 0 Å². The molecule has 1 aliphatic rings. The maximum absolute atomic E-state index is 13.8. The highest BCUT2D eigenvalue weighted by molar-refractivity contribution is 6.31. The molecule has 0 spiro atoms. The highest BCUT2D eigenvalue weighted by Gasteiger charge is 2.32. The summed E-state index contributed by atoms with van der Waals surface area (Å²) in [5.74, 6) is -0.785. The second-order valence-corrected chi connectivity index (χ2v) is 4.59. The topological polar surface area (TPSA) is 64.4 Å². The van der Waals surface area contributed by atoms with Gasteiger partial charge in [0.1, 0.15) is 0 Å². The third kappa shape index (κ3) is 2.39. The minimum absolute atomic E-state index is 0.0263. The third-order valence-corrected chi connectivity index (χ3v) is 3.34. The van der Waals surface area contributed by atoms with E-state index in [1.54, 1.807) is 7.11 Å². The van der Waals surface area contributed by atoms with Gasteiger partial charge in [-0.2, -0.15) is 0 Å². The number of nitrogens with one attached hydrogen (secondary N) is 1. The second kappa shape index (κ2) is 5.07. The molecule has 5 nitrogen and oxygen atoms in total. The van der Waals surface area contributed by atoms with E-state index in [1.165, 1.54) is 12.1 Å². The van der Waals surface area contributed by atoms with E-state index in [0.29, 0.717) is 12.8 Å². The first-order valence-corrected chi connectivity index (χ1v) is 5.82. The van der Waals surface area contributed by atoms with Crippen molar-refractivity contribution in [3.05, 3.63) is 33.1 Å². The van der Waals surface area contributed by atoms with E-state index in [2.05, 4.69) is 5.32 Å². The van der Waals surface area contributed by atoms with Gasteiger partial charge >= 0.3 is 0 Å². The molecule has 98 valence electrons. The molecular formula is C11H12ClFN2O3. The predicted octanol–water partition coefficient (Wildman–Crippen LogP) is 2.98. The van der Waals surface area contributed by atoms with Crippen LogP contribution in [0.4, 0.5) is 15.8 Å². The largest absolute Gasteiger partial charge is 0.381 e. The number of nitro benzene ring substituents is 1. The molecule has 0 bridgehead atoms. The molecule has 1 saturated carbocycles. The summed E-state index contributed by atoms with van der Waals surface area (Å²) in [5.41, 5.74) is -0.454. The van der Waals surface area contributed by atoms with E-state index in [4.69, 9.17) is 16.3 Å². The maximum Gasteiger partial charge on any atom is 0.295 e. The molecule has 0 heterocycles. The zero-order valence-electron chi connectivity index (χ0n) is 9.65. The van der Waals surface area contributed by atoms with Gasteiger partial charge in [-0.1, -0.05) is 11.6 Å². The number of hydrogen-bond donors (Lipinski definition) is 1. The van der Waals surface area contributed by atoms with Crippen LogP contribution in [0.2, 0.25) is 5.02 Å². The summed E-state index contributed by atoms with van der Waals surface area (Å²) in [7, 11) is 1.60. The zero-order valence-corrected chi connectivity index (χ0v) is 10.4. The fourth-order valence-electron chi connectivity index (χ4n) is 1.91. The molecular weight excluding hydrogens is 263 g/mol. The summed E-state index contributed by atoms with van der Waals surface area (Å²) < 4.78 is 18.9. The summed E-state index contributed by atoms with van der Waals surface area (Å²) in [6.45, 7) is 0. The van der Waals surface area contributed by atoms with Crippen LogP contribution in [0.25, 0.3) is 0 Å². The molecule has 0 amide bonds. The number of hydrogen-bond acceptors (Lipinski definition) is 4. The van der Waals surface area contributed by atoms with Crippen molar-refractivity contribution in [2.75, 3.05) is 12.4 Å². The Balaban J connectivity index is 2.20. The highest BCUT2D eigenvalue weighted by atomic mass is 35.5. The van der Waals surface area contributed by atoms with Crippen molar-refractivity contribution >= 4 is 23.0 Å². The van der Waals surface area contributed by atoms with Crippen LogP contribution < -0.4 is 5.32 Å². The molecule has 0 aliphatic heterocycles. The van der Waals surface area contributed by atoms with Gasteiger partial charge in [0.05, 0.1) is 16.0 Å². The Hall–Kier alpha value is -1.40. The normalized spacial score (nSPS) is 22.4. The first-order chi connectivity index (χ1) is 8.52. The lowest BCUT2D eigenvalue weighted by molar-refractivity contribution is -0.384. The molecule has 0 saturated heterocycles. The van der Waals surface area contributed by atoms with Crippen LogP contribution in [-0.4, -0.2) is 24.2 Å². The van der Waals surface area contributed by atoms with Crippen LogP contribution in [-0.2, 0) is 4.74 Å². The standard InChI is InChI=1S/C11H12ClFN2O3/c1-18-7-4-6(5-7)14-11-9(15(16)17)3-2-8(12)10(11)13/h2-3,6-7,14H,4-5H2,1H3. The van der Waals surface area contributed by atoms with Crippen LogP contribution in [0.1, 0.15) is 12.8 Å². The van der Waals surface area contributed by atoms with Crippen LogP contribution in [0.5, 0.6) is 0 Å². The van der Waals surface area contributed by atoms with E-state index in [0.717, 1.165) is 0 Å². The number of anilines is 1. The lowest BCUT2D eigenvalue weighted by atomic mass is 9.89. The average molecular weight is 275 g/mol. The lowest BCUT2D eigenvalue weighted by Crippen LogP contribution is -2.40. The van der Waals surface area contributed by atoms with Gasteiger partial charge < -0.3 is 10.1 Å². The van der Waals surface area contributed by atoms with Gasteiger partial charge in [-0.3, -0.25) is 10.1 Å². The molecule has 7 heteroatoms. The number of nitro groups is 1. The molecule has 0 radical (unpaired) electrons. The first kappa shape index (κ1) is 13.0. The Morgan fingerprint density at radius 1 is 1.56 bits per heavy atom. The number of halogens is 2. The smallest absolute Gasteiger partial charge is 0.295 e. The first-order valence-electron chi connectivity index (χ1n) is 5.44. The van der Waals surface area contributed by atoms with Gasteiger partial charge in [0.25, 0.3) is 5.69 Å². The molecule has 1 aliphatic carbocycles. The molecule has 1 fully saturated rings. The van der Waals surface area contributed by atoms with E-state index in [9.17, 15) is 14.5 Å². The number of benzene rings is 1. The SMILES string of the molecule is COC1CC(Nc2c([N+](=O)[O-])ccc(Cl)c2F)C1. The second-order valence-electron chi connectivity index (χ2n) is 4.18. The predicted molar refractivity (Wildman–Crippen MR) is 65.5 cm³/mol. The molecule has 0 aromatic heterocycles. The molecule has 0 atom stereocenters. The van der Waals surface area contributed by atoms with Gasteiger partial charge in [-0.25, -0.2) is 4.39 Å². The minimum atomic E-state index is -0.785. The molecule has 18 heavy (non-hydrogen) atoms. The van der Waals surface area contributed by atoms with E-state index < -0.39 is 10.7 Å². The van der Waals surface area contributed by atoms with Gasteiger partial charge in [0.15, 0.2) is 11.5 Å². The van der Waals surface area contributed by atoms with Gasteiger partial charge in [-0.15, -0.1) is 0 Å².